The second kappa shape index (κ2) is 8.09. The smallest absolute Gasteiger partial charge is 0.232 e. The number of rotatable bonds is 5. The number of halogens is 1. The lowest BCUT2D eigenvalue weighted by Gasteiger charge is -2.39. The van der Waals surface area contributed by atoms with Gasteiger partial charge in [-0.25, -0.2) is 4.39 Å². The maximum atomic E-state index is 14.0. The third-order valence-corrected chi connectivity index (χ3v) is 5.40. The van der Waals surface area contributed by atoms with Crippen LogP contribution in [-0.2, 0) is 10.2 Å². The minimum Gasteiger partial charge on any atom is -0.493 e. The van der Waals surface area contributed by atoms with Crippen molar-refractivity contribution in [2.75, 3.05) is 45.3 Å². The molecule has 0 saturated carbocycles. The second-order valence-corrected chi connectivity index (χ2v) is 7.43. The topological polar surface area (TPSA) is 42.0 Å². The maximum Gasteiger partial charge on any atom is 0.232 e. The number of anilines is 1. The summed E-state index contributed by atoms with van der Waals surface area (Å²) in [5, 5.41) is 0. The molecule has 2 aromatic carbocycles. The predicted molar refractivity (Wildman–Crippen MR) is 108 cm³/mol. The van der Waals surface area contributed by atoms with Crippen molar-refractivity contribution < 1.29 is 18.7 Å². The molecule has 3 rings (SSSR count). The number of methoxy groups -OCH3 is 2. The van der Waals surface area contributed by atoms with Crippen LogP contribution < -0.4 is 14.4 Å². The molecule has 0 unspecified atom stereocenters. The molecule has 0 spiro atoms. The van der Waals surface area contributed by atoms with Gasteiger partial charge >= 0.3 is 0 Å². The van der Waals surface area contributed by atoms with E-state index in [-0.39, 0.29) is 11.7 Å². The first-order valence-corrected chi connectivity index (χ1v) is 9.40. The fourth-order valence-corrected chi connectivity index (χ4v) is 3.60. The summed E-state index contributed by atoms with van der Waals surface area (Å²) in [4.78, 5) is 17.1. The highest BCUT2D eigenvalue weighted by molar-refractivity contribution is 5.88. The Hall–Kier alpha value is -2.76. The van der Waals surface area contributed by atoms with Gasteiger partial charge in [0, 0.05) is 26.2 Å². The average Bonchev–Trinajstić information content (AvgIpc) is 2.73. The predicted octanol–water partition coefficient (Wildman–Crippen LogP) is 3.47. The van der Waals surface area contributed by atoms with E-state index in [1.807, 2.05) is 47.9 Å². The Morgan fingerprint density at radius 2 is 1.61 bits per heavy atom. The van der Waals surface area contributed by atoms with Crippen LogP contribution in [0.1, 0.15) is 19.4 Å². The summed E-state index contributed by atoms with van der Waals surface area (Å²) in [5.41, 5.74) is 0.750. The Bertz CT molecular complexity index is 845. The summed E-state index contributed by atoms with van der Waals surface area (Å²) in [6.07, 6.45) is 0. The highest BCUT2D eigenvalue weighted by atomic mass is 19.1. The zero-order chi connectivity index (χ0) is 20.3. The Balaban J connectivity index is 1.73. The third-order valence-electron chi connectivity index (χ3n) is 5.40. The van der Waals surface area contributed by atoms with Crippen molar-refractivity contribution in [2.24, 2.45) is 0 Å². The quantitative estimate of drug-likeness (QED) is 0.789. The fourth-order valence-electron chi connectivity index (χ4n) is 3.60. The van der Waals surface area contributed by atoms with Crippen LogP contribution in [0.15, 0.2) is 42.5 Å². The number of hydrogen-bond acceptors (Lipinski definition) is 4. The second-order valence-electron chi connectivity index (χ2n) is 7.43. The van der Waals surface area contributed by atoms with Gasteiger partial charge in [-0.1, -0.05) is 18.2 Å². The molecule has 6 heteroatoms. The van der Waals surface area contributed by atoms with Crippen LogP contribution >= 0.6 is 0 Å². The third kappa shape index (κ3) is 3.77. The van der Waals surface area contributed by atoms with Crippen LogP contribution in [0.2, 0.25) is 0 Å². The number of hydrogen-bond donors (Lipinski definition) is 0. The monoisotopic (exact) mass is 386 g/mol. The molecular formula is C22H27FN2O3. The lowest BCUT2D eigenvalue weighted by atomic mass is 9.82. The molecule has 0 aromatic heterocycles. The molecular weight excluding hydrogens is 359 g/mol. The normalized spacial score (nSPS) is 14.8. The fraction of sp³-hybridized carbons (Fsp3) is 0.409. The van der Waals surface area contributed by atoms with Gasteiger partial charge < -0.3 is 19.3 Å². The molecule has 1 amide bonds. The van der Waals surface area contributed by atoms with E-state index >= 15 is 0 Å². The van der Waals surface area contributed by atoms with E-state index in [1.54, 1.807) is 26.4 Å². The lowest BCUT2D eigenvalue weighted by molar-refractivity contribution is -0.136. The van der Waals surface area contributed by atoms with E-state index in [2.05, 4.69) is 0 Å². The summed E-state index contributed by atoms with van der Waals surface area (Å²) >= 11 is 0. The van der Waals surface area contributed by atoms with Crippen LogP contribution in [0.5, 0.6) is 11.5 Å². The van der Waals surface area contributed by atoms with Crippen LogP contribution in [-0.4, -0.2) is 51.2 Å². The van der Waals surface area contributed by atoms with Crippen molar-refractivity contribution in [1.29, 1.82) is 0 Å². The number of piperazine rings is 1. The van der Waals surface area contributed by atoms with Crippen LogP contribution in [0.4, 0.5) is 10.1 Å². The summed E-state index contributed by atoms with van der Waals surface area (Å²) < 4.78 is 24.7. The minimum absolute atomic E-state index is 0.0490. The van der Waals surface area contributed by atoms with Gasteiger partial charge in [0.25, 0.3) is 0 Å². The van der Waals surface area contributed by atoms with Crippen molar-refractivity contribution >= 4 is 11.6 Å². The van der Waals surface area contributed by atoms with Gasteiger partial charge in [0.05, 0.1) is 25.3 Å². The SMILES string of the molecule is COc1ccc(C(C)(C)C(=O)N2CCN(c3ccccc3F)CC2)cc1OC. The largest absolute Gasteiger partial charge is 0.493 e. The molecule has 150 valence electrons. The molecule has 5 nitrogen and oxygen atoms in total. The van der Waals surface area contributed by atoms with E-state index in [0.29, 0.717) is 43.4 Å². The minimum atomic E-state index is -0.709. The first kappa shape index (κ1) is 20.0. The molecule has 2 aromatic rings. The van der Waals surface area contributed by atoms with Gasteiger partial charge in [-0.3, -0.25) is 4.79 Å². The zero-order valence-electron chi connectivity index (χ0n) is 16.9. The van der Waals surface area contributed by atoms with Gasteiger partial charge in [-0.15, -0.1) is 0 Å². The molecule has 28 heavy (non-hydrogen) atoms. The van der Waals surface area contributed by atoms with Crippen LogP contribution in [0.25, 0.3) is 0 Å². The number of nitrogens with zero attached hydrogens (tertiary/aromatic N) is 2. The summed E-state index contributed by atoms with van der Waals surface area (Å²) in [5.74, 6) is 1.05. The molecule has 1 fully saturated rings. The number of benzene rings is 2. The molecule has 0 N–H and O–H groups in total. The van der Waals surface area contributed by atoms with Crippen molar-refractivity contribution in [1.82, 2.24) is 4.90 Å². The zero-order valence-corrected chi connectivity index (χ0v) is 16.9. The van der Waals surface area contributed by atoms with Crippen molar-refractivity contribution in [3.05, 3.63) is 53.8 Å². The van der Waals surface area contributed by atoms with Gasteiger partial charge in [-0.2, -0.15) is 0 Å². The standard InChI is InChI=1S/C22H27FN2O3/c1-22(2,16-9-10-19(27-3)20(15-16)28-4)21(26)25-13-11-24(12-14-25)18-8-6-5-7-17(18)23/h5-10,15H,11-14H2,1-4H3. The number of para-hydroxylation sites is 1. The number of amides is 1. The van der Waals surface area contributed by atoms with Crippen LogP contribution in [0.3, 0.4) is 0 Å². The molecule has 1 heterocycles. The van der Waals surface area contributed by atoms with Crippen LogP contribution in [0, 0.1) is 5.82 Å². The van der Waals surface area contributed by atoms with Crippen molar-refractivity contribution in [2.45, 2.75) is 19.3 Å². The van der Waals surface area contributed by atoms with E-state index in [4.69, 9.17) is 9.47 Å². The van der Waals surface area contributed by atoms with Gasteiger partial charge in [-0.05, 0) is 43.7 Å². The first-order chi connectivity index (χ1) is 13.4. The molecule has 0 radical (unpaired) electrons. The highest BCUT2D eigenvalue weighted by Crippen LogP contribution is 2.34. The summed E-state index contributed by atoms with van der Waals surface area (Å²) in [6, 6.07) is 12.3. The van der Waals surface area contributed by atoms with E-state index < -0.39 is 5.41 Å². The lowest BCUT2D eigenvalue weighted by Crippen LogP contribution is -2.53. The van der Waals surface area contributed by atoms with Gasteiger partial charge in [0.15, 0.2) is 11.5 Å². The number of carbonyl (C=O) groups excluding carboxylic acids is 1. The number of ether oxygens (including phenoxy) is 2. The molecule has 0 aliphatic carbocycles. The Morgan fingerprint density at radius 3 is 2.21 bits per heavy atom. The van der Waals surface area contributed by atoms with E-state index in [1.165, 1.54) is 6.07 Å². The molecule has 1 aliphatic heterocycles. The summed E-state index contributed by atoms with van der Waals surface area (Å²) in [6.45, 7) is 6.16. The molecule has 0 bridgehead atoms. The molecule has 0 atom stereocenters. The molecule has 1 saturated heterocycles. The maximum absolute atomic E-state index is 14.0. The number of carbonyl (C=O) groups is 1. The van der Waals surface area contributed by atoms with E-state index in [0.717, 1.165) is 5.56 Å². The molecule has 1 aliphatic rings. The Labute approximate surface area is 165 Å². The summed E-state index contributed by atoms with van der Waals surface area (Å²) in [7, 11) is 3.17. The van der Waals surface area contributed by atoms with Gasteiger partial charge in [0.2, 0.25) is 5.91 Å². The highest BCUT2D eigenvalue weighted by Gasteiger charge is 2.36. The van der Waals surface area contributed by atoms with Crippen molar-refractivity contribution in [3.63, 3.8) is 0 Å². The average molecular weight is 386 g/mol. The van der Waals surface area contributed by atoms with Gasteiger partial charge in [0.1, 0.15) is 5.82 Å². The Kier molecular flexibility index (Phi) is 5.77. The van der Waals surface area contributed by atoms with Crippen molar-refractivity contribution in [3.8, 4) is 11.5 Å². The van der Waals surface area contributed by atoms with E-state index in [9.17, 15) is 9.18 Å². The Morgan fingerprint density at radius 1 is 0.964 bits per heavy atom. The first-order valence-electron chi connectivity index (χ1n) is 9.40.